The average molecular weight is 485 g/mol. The van der Waals surface area contributed by atoms with Crippen LogP contribution < -0.4 is 10.2 Å². The largest absolute Gasteiger partial charge is 0.446 e. The van der Waals surface area contributed by atoms with Crippen LogP contribution in [0.4, 0.5) is 18.9 Å². The van der Waals surface area contributed by atoms with Crippen molar-refractivity contribution in [2.24, 2.45) is 0 Å². The molecule has 2 aromatic heterocycles. The van der Waals surface area contributed by atoms with Crippen LogP contribution in [0.5, 0.6) is 0 Å². The van der Waals surface area contributed by atoms with Crippen molar-refractivity contribution in [1.29, 1.82) is 0 Å². The van der Waals surface area contributed by atoms with E-state index in [-0.39, 0.29) is 5.91 Å². The third kappa shape index (κ3) is 6.81. The lowest BCUT2D eigenvalue weighted by molar-refractivity contribution is -0.156. The van der Waals surface area contributed by atoms with Crippen molar-refractivity contribution in [3.05, 3.63) is 71.2 Å². The highest BCUT2D eigenvalue weighted by Crippen LogP contribution is 2.26. The number of aromatic amines is 1. The molecule has 1 amide bonds. The van der Waals surface area contributed by atoms with Crippen LogP contribution >= 0.6 is 0 Å². The Labute approximate surface area is 201 Å². The summed E-state index contributed by atoms with van der Waals surface area (Å²) in [5, 5.41) is 2.89. The number of rotatable bonds is 6. The second kappa shape index (κ2) is 11.5. The Morgan fingerprint density at radius 3 is 2.46 bits per heavy atom. The van der Waals surface area contributed by atoms with Gasteiger partial charge in [0.05, 0.1) is 11.3 Å². The normalized spacial score (nSPS) is 13.0. The standard InChI is InChI=1S/C24H26N4O.C2HF3O/c1-3-28(4-2)23-8-6-5-7-17(23)9-10-19-15-18(11-13-25-19)22-16-20-21(27-22)12-14-26-24(20)29;3-2(4,5)1-6/h5-11,13,15-16,27H,3-4,12,14H2,1-2H3,(H,26,29);1H/b10-9+;. The van der Waals surface area contributed by atoms with Gasteiger partial charge in [0.25, 0.3) is 5.91 Å². The van der Waals surface area contributed by atoms with Crippen LogP contribution in [-0.4, -0.2) is 48.0 Å². The van der Waals surface area contributed by atoms with Crippen molar-refractivity contribution in [3.8, 4) is 11.3 Å². The lowest BCUT2D eigenvalue weighted by atomic mass is 10.1. The predicted molar refractivity (Wildman–Crippen MR) is 131 cm³/mol. The highest BCUT2D eigenvalue weighted by atomic mass is 19.4. The van der Waals surface area contributed by atoms with Gasteiger partial charge < -0.3 is 15.2 Å². The number of amides is 1. The van der Waals surface area contributed by atoms with E-state index in [1.165, 1.54) is 11.3 Å². The van der Waals surface area contributed by atoms with Gasteiger partial charge in [-0.3, -0.25) is 14.6 Å². The molecule has 184 valence electrons. The van der Waals surface area contributed by atoms with E-state index >= 15 is 0 Å². The topological polar surface area (TPSA) is 78.1 Å². The fourth-order valence-corrected chi connectivity index (χ4v) is 3.81. The van der Waals surface area contributed by atoms with Crippen molar-refractivity contribution >= 4 is 30.0 Å². The van der Waals surface area contributed by atoms with E-state index in [2.05, 4.69) is 64.4 Å². The van der Waals surface area contributed by atoms with Gasteiger partial charge in [0.2, 0.25) is 6.29 Å². The molecule has 0 spiro atoms. The second-order valence-corrected chi connectivity index (χ2v) is 7.77. The van der Waals surface area contributed by atoms with Crippen LogP contribution in [0.3, 0.4) is 0 Å². The first kappa shape index (κ1) is 25.7. The molecule has 1 aliphatic heterocycles. The first-order valence-electron chi connectivity index (χ1n) is 11.3. The number of hydrogen-bond acceptors (Lipinski definition) is 4. The maximum absolute atomic E-state index is 12.0. The number of aromatic nitrogens is 2. The molecule has 0 radical (unpaired) electrons. The Bertz CT molecular complexity index is 1200. The summed E-state index contributed by atoms with van der Waals surface area (Å²) >= 11 is 0. The van der Waals surface area contributed by atoms with Gasteiger partial charge in [-0.2, -0.15) is 13.2 Å². The molecular weight excluding hydrogens is 457 g/mol. The Morgan fingerprint density at radius 1 is 1.09 bits per heavy atom. The fourth-order valence-electron chi connectivity index (χ4n) is 3.81. The molecule has 3 aromatic rings. The number of fused-ring (bicyclic) bond motifs is 1. The molecular formula is C26H27F3N4O2. The number of pyridine rings is 1. The van der Waals surface area contributed by atoms with Crippen LogP contribution in [0.25, 0.3) is 23.4 Å². The fraction of sp³-hybridized carbons (Fsp3) is 0.269. The molecule has 1 aliphatic rings. The zero-order valence-corrected chi connectivity index (χ0v) is 19.5. The smallest absolute Gasteiger partial charge is 0.372 e. The molecule has 0 bridgehead atoms. The number of hydrogen-bond donors (Lipinski definition) is 2. The van der Waals surface area contributed by atoms with Gasteiger partial charge in [-0.05, 0) is 49.8 Å². The number of aldehydes is 1. The summed E-state index contributed by atoms with van der Waals surface area (Å²) < 4.78 is 31.2. The molecule has 35 heavy (non-hydrogen) atoms. The minimum atomic E-state index is -4.64. The van der Waals surface area contributed by atoms with Crippen LogP contribution in [-0.2, 0) is 11.2 Å². The Balaban J connectivity index is 0.000000509. The second-order valence-electron chi connectivity index (χ2n) is 7.77. The maximum Gasteiger partial charge on any atom is 0.446 e. The summed E-state index contributed by atoms with van der Waals surface area (Å²) in [4.78, 5) is 31.0. The zero-order chi connectivity index (χ0) is 25.4. The lowest BCUT2D eigenvalue weighted by Gasteiger charge is -2.23. The number of halogens is 3. The number of para-hydroxylation sites is 1. The van der Waals surface area contributed by atoms with Crippen molar-refractivity contribution in [2.75, 3.05) is 24.5 Å². The van der Waals surface area contributed by atoms with Crippen LogP contribution in [0.1, 0.15) is 41.2 Å². The van der Waals surface area contributed by atoms with E-state index in [1.54, 1.807) is 0 Å². The van der Waals surface area contributed by atoms with E-state index in [4.69, 9.17) is 4.79 Å². The van der Waals surface area contributed by atoms with Gasteiger partial charge in [-0.25, -0.2) is 0 Å². The van der Waals surface area contributed by atoms with Crippen molar-refractivity contribution in [3.63, 3.8) is 0 Å². The third-order valence-corrected chi connectivity index (χ3v) is 5.50. The quantitative estimate of drug-likeness (QED) is 0.476. The van der Waals surface area contributed by atoms with Gasteiger partial charge in [0, 0.05) is 54.9 Å². The van der Waals surface area contributed by atoms with Crippen molar-refractivity contribution < 1.29 is 22.8 Å². The van der Waals surface area contributed by atoms with Crippen molar-refractivity contribution in [2.45, 2.75) is 26.4 Å². The van der Waals surface area contributed by atoms with E-state index in [9.17, 15) is 18.0 Å². The van der Waals surface area contributed by atoms with E-state index in [0.29, 0.717) is 6.54 Å². The Hall–Kier alpha value is -3.88. The highest BCUT2D eigenvalue weighted by molar-refractivity contribution is 5.97. The minimum Gasteiger partial charge on any atom is -0.372 e. The summed E-state index contributed by atoms with van der Waals surface area (Å²) in [6, 6.07) is 14.4. The van der Waals surface area contributed by atoms with Gasteiger partial charge in [0.1, 0.15) is 0 Å². The van der Waals surface area contributed by atoms with Gasteiger partial charge >= 0.3 is 6.18 Å². The molecule has 4 rings (SSSR count). The number of carbonyl (C=O) groups excluding carboxylic acids is 2. The zero-order valence-electron chi connectivity index (χ0n) is 19.5. The lowest BCUT2D eigenvalue weighted by Crippen LogP contribution is -2.31. The molecule has 3 heterocycles. The van der Waals surface area contributed by atoms with Gasteiger partial charge in [-0.1, -0.05) is 24.3 Å². The summed E-state index contributed by atoms with van der Waals surface area (Å²) in [7, 11) is 0. The number of H-pyrrole nitrogens is 1. The first-order chi connectivity index (χ1) is 16.8. The number of nitrogens with zero attached hydrogens (tertiary/aromatic N) is 2. The Morgan fingerprint density at radius 2 is 1.80 bits per heavy atom. The predicted octanol–water partition coefficient (Wildman–Crippen LogP) is 5.13. The maximum atomic E-state index is 12.0. The SMILES string of the molecule is CCN(CC)c1ccccc1/C=C/c1cc(-c2cc3c([nH]2)CCNC3=O)ccn1.O=CC(F)(F)F. The number of carbonyl (C=O) groups is 2. The number of alkyl halides is 3. The summed E-state index contributed by atoms with van der Waals surface area (Å²) in [5.74, 6) is -0.00376. The van der Waals surface area contributed by atoms with Crippen LogP contribution in [0, 0.1) is 0 Å². The van der Waals surface area contributed by atoms with E-state index < -0.39 is 12.5 Å². The van der Waals surface area contributed by atoms with E-state index in [1.807, 2.05) is 30.5 Å². The van der Waals surface area contributed by atoms with Crippen LogP contribution in [0.15, 0.2) is 48.7 Å². The number of benzene rings is 1. The molecule has 9 heteroatoms. The Kier molecular flexibility index (Phi) is 8.46. The van der Waals surface area contributed by atoms with Gasteiger partial charge in [-0.15, -0.1) is 0 Å². The molecule has 0 aliphatic carbocycles. The van der Waals surface area contributed by atoms with Gasteiger partial charge in [0.15, 0.2) is 0 Å². The molecule has 6 nitrogen and oxygen atoms in total. The molecule has 0 unspecified atom stereocenters. The number of nitrogens with one attached hydrogen (secondary N) is 2. The molecule has 0 saturated carbocycles. The molecule has 0 fully saturated rings. The average Bonchev–Trinajstić information content (AvgIpc) is 3.30. The van der Waals surface area contributed by atoms with Crippen molar-refractivity contribution in [1.82, 2.24) is 15.3 Å². The first-order valence-corrected chi connectivity index (χ1v) is 11.3. The molecule has 2 N–H and O–H groups in total. The summed E-state index contributed by atoms with van der Waals surface area (Å²) in [5.41, 5.74) is 7.02. The summed E-state index contributed by atoms with van der Waals surface area (Å²) in [6.45, 7) is 6.97. The van der Waals surface area contributed by atoms with Crippen LogP contribution in [0.2, 0.25) is 0 Å². The van der Waals surface area contributed by atoms with E-state index in [0.717, 1.165) is 47.7 Å². The third-order valence-electron chi connectivity index (χ3n) is 5.50. The minimum absolute atomic E-state index is 0.00376. The highest BCUT2D eigenvalue weighted by Gasteiger charge is 2.25. The number of anilines is 1. The summed E-state index contributed by atoms with van der Waals surface area (Å²) in [6.07, 6.45) is 1.10. The molecule has 0 atom stereocenters. The molecule has 0 saturated heterocycles. The molecule has 1 aromatic carbocycles. The monoisotopic (exact) mass is 484 g/mol.